The van der Waals surface area contributed by atoms with E-state index in [1.807, 2.05) is 0 Å². The summed E-state index contributed by atoms with van der Waals surface area (Å²) in [6.45, 7) is 6.58. The zero-order chi connectivity index (χ0) is 57.1. The van der Waals surface area contributed by atoms with Crippen molar-refractivity contribution in [2.45, 2.75) is 374 Å². The monoisotopic (exact) mass is 1110 g/mol. The normalized spacial score (nSPS) is 12.4. The third kappa shape index (κ3) is 65.8. The van der Waals surface area contributed by atoms with E-state index < -0.39 is 6.10 Å². The summed E-state index contributed by atoms with van der Waals surface area (Å²) in [5, 5.41) is 0. The first-order valence-corrected chi connectivity index (χ1v) is 34.8. The molecule has 1 atom stereocenters. The van der Waals surface area contributed by atoms with Gasteiger partial charge in [0.2, 0.25) is 0 Å². The fourth-order valence-electron chi connectivity index (χ4n) is 10.4. The van der Waals surface area contributed by atoms with Crippen molar-refractivity contribution in [1.29, 1.82) is 0 Å². The molecule has 460 valence electrons. The van der Waals surface area contributed by atoms with Crippen LogP contribution in [-0.2, 0) is 28.6 Å². The Morgan fingerprint density at radius 3 is 0.772 bits per heavy atom. The van der Waals surface area contributed by atoms with Gasteiger partial charge in [-0.3, -0.25) is 14.4 Å². The predicted octanol–water partition coefficient (Wildman–Crippen LogP) is 23.9. The molecule has 0 saturated heterocycles. The van der Waals surface area contributed by atoms with E-state index in [-0.39, 0.29) is 31.1 Å². The highest BCUT2D eigenvalue weighted by atomic mass is 16.6. The van der Waals surface area contributed by atoms with Gasteiger partial charge >= 0.3 is 17.9 Å². The van der Waals surface area contributed by atoms with Crippen LogP contribution in [0.5, 0.6) is 0 Å². The molecule has 0 aromatic rings. The molecule has 0 radical (unpaired) electrons. The van der Waals surface area contributed by atoms with Crippen molar-refractivity contribution in [3.05, 3.63) is 60.8 Å². The van der Waals surface area contributed by atoms with E-state index in [0.717, 1.165) is 109 Å². The molecule has 0 saturated carbocycles. The molecule has 0 rings (SSSR count). The Labute approximate surface area is 491 Å². The minimum atomic E-state index is -0.783. The lowest BCUT2D eigenvalue weighted by molar-refractivity contribution is -0.167. The Hall–Kier alpha value is -2.89. The topological polar surface area (TPSA) is 78.9 Å². The Bertz CT molecular complexity index is 1410. The zero-order valence-electron chi connectivity index (χ0n) is 52.9. The molecule has 0 aliphatic carbocycles. The fourth-order valence-corrected chi connectivity index (χ4v) is 10.4. The van der Waals surface area contributed by atoms with E-state index in [2.05, 4.69) is 81.5 Å². The summed E-state index contributed by atoms with van der Waals surface area (Å²) >= 11 is 0. The summed E-state index contributed by atoms with van der Waals surface area (Å²) in [4.78, 5) is 38.4. The maximum absolute atomic E-state index is 12.9. The third-order valence-corrected chi connectivity index (χ3v) is 15.5. The highest BCUT2D eigenvalue weighted by Gasteiger charge is 2.19. The number of hydrogen-bond donors (Lipinski definition) is 0. The highest BCUT2D eigenvalue weighted by Crippen LogP contribution is 2.18. The number of hydrogen-bond acceptors (Lipinski definition) is 6. The third-order valence-electron chi connectivity index (χ3n) is 15.5. The quantitative estimate of drug-likeness (QED) is 0.0261. The average molecular weight is 1110 g/mol. The van der Waals surface area contributed by atoms with Gasteiger partial charge in [-0.25, -0.2) is 0 Å². The molecule has 0 N–H and O–H groups in total. The van der Waals surface area contributed by atoms with E-state index >= 15 is 0 Å². The molecule has 0 spiro atoms. The summed E-state index contributed by atoms with van der Waals surface area (Å²) in [6, 6.07) is 0. The Balaban J connectivity index is 4.31. The summed E-state index contributed by atoms with van der Waals surface area (Å²) < 4.78 is 17.0. The zero-order valence-corrected chi connectivity index (χ0v) is 52.9. The molecule has 0 fully saturated rings. The Morgan fingerprint density at radius 2 is 0.494 bits per heavy atom. The molecule has 0 heterocycles. The summed E-state index contributed by atoms with van der Waals surface area (Å²) in [5.74, 6) is -0.871. The minimum Gasteiger partial charge on any atom is -0.462 e. The number of esters is 3. The first-order valence-electron chi connectivity index (χ1n) is 34.8. The van der Waals surface area contributed by atoms with Crippen molar-refractivity contribution in [2.75, 3.05) is 13.2 Å². The molecule has 79 heavy (non-hydrogen) atoms. The standard InChI is InChI=1S/C73H132O6/c1-4-7-10-13-16-19-22-25-28-30-32-34-35-36-37-39-40-42-45-48-51-54-57-60-63-66-72(75)78-69-70(68-77-71(74)65-62-59-56-53-50-47-44-27-24-21-18-15-12-9-6-3)79-73(76)67-64-61-58-55-52-49-46-43-41-38-33-31-29-26-23-20-17-14-11-8-5-2/h8,11,17,20,26,29,33,38,43,46,70H,4-7,9-10,12-16,18-19,21-25,27-28,30-32,34-37,39-42,44-45,47-69H2,1-3H3/b11-8-,20-17-,29-26-,38-33-,46-43-. The van der Waals surface area contributed by atoms with Gasteiger partial charge in [0.15, 0.2) is 6.10 Å². The predicted molar refractivity (Wildman–Crippen MR) is 344 cm³/mol. The van der Waals surface area contributed by atoms with E-state index in [1.165, 1.54) is 218 Å². The molecule has 1 unspecified atom stereocenters. The number of allylic oxidation sites excluding steroid dienone is 10. The van der Waals surface area contributed by atoms with Crippen LogP contribution in [0.1, 0.15) is 367 Å². The Kier molecular flexibility index (Phi) is 65.1. The summed E-state index contributed by atoms with van der Waals surface area (Å²) in [5.41, 5.74) is 0. The number of rotatable bonds is 64. The van der Waals surface area contributed by atoms with E-state index in [1.54, 1.807) is 0 Å². The van der Waals surface area contributed by atoms with Gasteiger partial charge in [-0.1, -0.05) is 345 Å². The van der Waals surface area contributed by atoms with Crippen LogP contribution >= 0.6 is 0 Å². The van der Waals surface area contributed by atoms with Gasteiger partial charge < -0.3 is 14.2 Å². The molecule has 0 aliphatic heterocycles. The van der Waals surface area contributed by atoms with Crippen molar-refractivity contribution in [3.63, 3.8) is 0 Å². The van der Waals surface area contributed by atoms with E-state index in [0.29, 0.717) is 19.3 Å². The van der Waals surface area contributed by atoms with Crippen molar-refractivity contribution < 1.29 is 28.6 Å². The lowest BCUT2D eigenvalue weighted by atomic mass is 10.0. The average Bonchev–Trinajstić information content (AvgIpc) is 3.45. The largest absolute Gasteiger partial charge is 0.462 e. The molecule has 0 bridgehead atoms. The maximum Gasteiger partial charge on any atom is 0.306 e. The number of unbranched alkanes of at least 4 members (excludes halogenated alkanes) is 43. The van der Waals surface area contributed by atoms with Gasteiger partial charge in [0.1, 0.15) is 13.2 Å². The molecule has 6 nitrogen and oxygen atoms in total. The molecule has 6 heteroatoms. The highest BCUT2D eigenvalue weighted by molar-refractivity contribution is 5.71. The van der Waals surface area contributed by atoms with Crippen LogP contribution in [0.25, 0.3) is 0 Å². The van der Waals surface area contributed by atoms with Crippen LogP contribution in [0.3, 0.4) is 0 Å². The molecule has 0 aromatic carbocycles. The van der Waals surface area contributed by atoms with Crippen molar-refractivity contribution in [2.24, 2.45) is 0 Å². The smallest absolute Gasteiger partial charge is 0.306 e. The van der Waals surface area contributed by atoms with Crippen molar-refractivity contribution >= 4 is 17.9 Å². The van der Waals surface area contributed by atoms with E-state index in [4.69, 9.17) is 14.2 Å². The lowest BCUT2D eigenvalue weighted by Crippen LogP contribution is -2.30. The lowest BCUT2D eigenvalue weighted by Gasteiger charge is -2.18. The van der Waals surface area contributed by atoms with Crippen LogP contribution in [0, 0.1) is 0 Å². The minimum absolute atomic E-state index is 0.0773. The first kappa shape index (κ1) is 76.1. The Morgan fingerprint density at radius 1 is 0.266 bits per heavy atom. The van der Waals surface area contributed by atoms with Crippen molar-refractivity contribution in [3.8, 4) is 0 Å². The molecule has 0 aromatic heterocycles. The van der Waals surface area contributed by atoms with Gasteiger partial charge in [0.25, 0.3) is 0 Å². The molecular weight excluding hydrogens is 973 g/mol. The van der Waals surface area contributed by atoms with Gasteiger partial charge in [-0.05, 0) is 64.2 Å². The van der Waals surface area contributed by atoms with Crippen molar-refractivity contribution in [1.82, 2.24) is 0 Å². The summed E-state index contributed by atoms with van der Waals surface area (Å²) in [6.07, 6.45) is 86.7. The van der Waals surface area contributed by atoms with Crippen LogP contribution < -0.4 is 0 Å². The molecule has 0 aliphatic rings. The van der Waals surface area contributed by atoms with Crippen LogP contribution in [0.15, 0.2) is 60.8 Å². The maximum atomic E-state index is 12.9. The van der Waals surface area contributed by atoms with Gasteiger partial charge in [-0.2, -0.15) is 0 Å². The number of carbonyl (C=O) groups excluding carboxylic acids is 3. The number of carbonyl (C=O) groups is 3. The van der Waals surface area contributed by atoms with Crippen LogP contribution in [0.4, 0.5) is 0 Å². The second kappa shape index (κ2) is 67.6. The van der Waals surface area contributed by atoms with Gasteiger partial charge in [0, 0.05) is 19.3 Å². The van der Waals surface area contributed by atoms with E-state index in [9.17, 15) is 14.4 Å². The summed E-state index contributed by atoms with van der Waals surface area (Å²) in [7, 11) is 0. The SMILES string of the molecule is CC/C=C\C/C=C\C/C=C\C/C=C\C/C=C\CCCCCCCC(=O)OC(COC(=O)CCCCCCCCCCCCCCCCC)COC(=O)CCCCCCCCCCCCCCCCCCCCCCCCCCC. The van der Waals surface area contributed by atoms with Gasteiger partial charge in [0.05, 0.1) is 0 Å². The first-order chi connectivity index (χ1) is 39.0. The fraction of sp³-hybridized carbons (Fsp3) is 0.822. The van der Waals surface area contributed by atoms with Gasteiger partial charge in [-0.15, -0.1) is 0 Å². The second-order valence-electron chi connectivity index (χ2n) is 23.4. The van der Waals surface area contributed by atoms with Crippen LogP contribution in [-0.4, -0.2) is 37.2 Å². The van der Waals surface area contributed by atoms with Crippen LogP contribution in [0.2, 0.25) is 0 Å². The molecular formula is C73H132O6. The molecule has 0 amide bonds. The second-order valence-corrected chi connectivity index (χ2v) is 23.4. The number of ether oxygens (including phenoxy) is 3.